The summed E-state index contributed by atoms with van der Waals surface area (Å²) in [6.45, 7) is 1.73. The highest BCUT2D eigenvalue weighted by atomic mass is 127. The zero-order chi connectivity index (χ0) is 19.8. The summed E-state index contributed by atoms with van der Waals surface area (Å²) < 4.78 is 7.73. The second-order valence-corrected chi connectivity index (χ2v) is 6.62. The highest BCUT2D eigenvalue weighted by Gasteiger charge is 2.07. The largest absolute Gasteiger partial charge is 0.487 e. The molecule has 0 bridgehead atoms. The quantitative estimate of drug-likeness (QED) is 0.277. The Morgan fingerprint density at radius 3 is 2.41 bits per heavy atom. The van der Waals surface area contributed by atoms with E-state index in [0.717, 1.165) is 22.8 Å². The molecule has 29 heavy (non-hydrogen) atoms. The number of rotatable bonds is 7. The predicted molar refractivity (Wildman–Crippen MR) is 128 cm³/mol. The first kappa shape index (κ1) is 23.0. The van der Waals surface area contributed by atoms with E-state index in [9.17, 15) is 0 Å². The van der Waals surface area contributed by atoms with Gasteiger partial charge in [0.2, 0.25) is 0 Å². The van der Waals surface area contributed by atoms with E-state index in [1.54, 1.807) is 13.2 Å². The van der Waals surface area contributed by atoms with Crippen LogP contribution in [0, 0.1) is 0 Å². The van der Waals surface area contributed by atoms with Crippen LogP contribution in [0.3, 0.4) is 0 Å². The molecule has 0 radical (unpaired) electrons. The summed E-state index contributed by atoms with van der Waals surface area (Å²) in [7, 11) is 3.67. The van der Waals surface area contributed by atoms with Crippen molar-refractivity contribution in [2.24, 2.45) is 12.0 Å². The molecule has 2 aromatic carbocycles. The summed E-state index contributed by atoms with van der Waals surface area (Å²) >= 11 is 6.17. The van der Waals surface area contributed by atoms with Gasteiger partial charge >= 0.3 is 0 Å². The average Bonchev–Trinajstić information content (AvgIpc) is 3.13. The number of nitrogens with one attached hydrogen (secondary N) is 2. The van der Waals surface area contributed by atoms with Crippen LogP contribution in [0.4, 0.5) is 0 Å². The summed E-state index contributed by atoms with van der Waals surface area (Å²) in [5, 5.41) is 11.4. The molecule has 0 aliphatic carbocycles. The third-order valence-electron chi connectivity index (χ3n) is 4.37. The lowest BCUT2D eigenvalue weighted by molar-refractivity contribution is 0.305. The number of benzene rings is 2. The number of nitrogens with zero attached hydrogens (tertiary/aromatic N) is 3. The number of para-hydroxylation sites is 1. The Balaban J connectivity index is 0.00000300. The van der Waals surface area contributed by atoms with Crippen LogP contribution in [0.1, 0.15) is 16.8 Å². The number of halogens is 2. The van der Waals surface area contributed by atoms with Crippen LogP contribution in [-0.4, -0.2) is 22.8 Å². The number of guanidine groups is 1. The number of hydrogen-bond acceptors (Lipinski definition) is 3. The standard InChI is InChI=1S/C21H24ClN5O.HI/c1-23-21(25-14-18-11-12-26-27(18)2)24-13-16-7-3-4-8-17(16)15-28-20-10-6-5-9-19(20)22;/h3-12H,13-15H2,1-2H3,(H2,23,24,25);1H. The molecule has 0 saturated heterocycles. The molecule has 6 nitrogen and oxygen atoms in total. The van der Waals surface area contributed by atoms with E-state index in [-0.39, 0.29) is 24.0 Å². The number of aryl methyl sites for hydroxylation is 1. The lowest BCUT2D eigenvalue weighted by Crippen LogP contribution is -2.37. The summed E-state index contributed by atoms with van der Waals surface area (Å²) in [6.07, 6.45) is 1.78. The molecule has 0 atom stereocenters. The zero-order valence-corrected chi connectivity index (χ0v) is 19.5. The van der Waals surface area contributed by atoms with Gasteiger partial charge in [-0.15, -0.1) is 24.0 Å². The fourth-order valence-corrected chi connectivity index (χ4v) is 2.93. The maximum absolute atomic E-state index is 6.17. The van der Waals surface area contributed by atoms with Gasteiger partial charge in [0, 0.05) is 26.8 Å². The lowest BCUT2D eigenvalue weighted by Gasteiger charge is -2.15. The maximum atomic E-state index is 6.17. The van der Waals surface area contributed by atoms with Gasteiger partial charge in [0.25, 0.3) is 0 Å². The Morgan fingerprint density at radius 2 is 1.72 bits per heavy atom. The predicted octanol–water partition coefficient (Wildman–Crippen LogP) is 4.14. The Bertz CT molecular complexity index is 944. The molecule has 0 saturated carbocycles. The number of aromatic nitrogens is 2. The smallest absolute Gasteiger partial charge is 0.191 e. The van der Waals surface area contributed by atoms with Crippen molar-refractivity contribution >= 4 is 41.5 Å². The third-order valence-corrected chi connectivity index (χ3v) is 4.68. The van der Waals surface area contributed by atoms with E-state index in [1.165, 1.54) is 0 Å². The van der Waals surface area contributed by atoms with Crippen LogP contribution in [-0.2, 0) is 26.7 Å². The molecular weight excluding hydrogens is 501 g/mol. The fraction of sp³-hybridized carbons (Fsp3) is 0.238. The van der Waals surface area contributed by atoms with E-state index in [4.69, 9.17) is 16.3 Å². The molecule has 0 unspecified atom stereocenters. The molecule has 154 valence electrons. The molecule has 8 heteroatoms. The van der Waals surface area contributed by atoms with E-state index < -0.39 is 0 Å². The van der Waals surface area contributed by atoms with Gasteiger partial charge < -0.3 is 15.4 Å². The fourth-order valence-electron chi connectivity index (χ4n) is 2.74. The lowest BCUT2D eigenvalue weighted by atomic mass is 10.1. The average molecular weight is 526 g/mol. The van der Waals surface area contributed by atoms with Crippen LogP contribution < -0.4 is 15.4 Å². The molecular formula is C21H25ClIN5O. The molecule has 0 spiro atoms. The summed E-state index contributed by atoms with van der Waals surface area (Å²) in [6, 6.07) is 17.6. The summed E-state index contributed by atoms with van der Waals surface area (Å²) in [5.74, 6) is 1.41. The van der Waals surface area contributed by atoms with Crippen LogP contribution in [0.5, 0.6) is 5.75 Å². The molecule has 0 aliphatic heterocycles. The molecule has 1 heterocycles. The minimum atomic E-state index is 0. The molecule has 0 amide bonds. The van der Waals surface area contributed by atoms with Gasteiger partial charge in [0.05, 0.1) is 17.3 Å². The first-order valence-electron chi connectivity index (χ1n) is 9.03. The second-order valence-electron chi connectivity index (χ2n) is 6.21. The minimum Gasteiger partial charge on any atom is -0.487 e. The topological polar surface area (TPSA) is 63.5 Å². The van der Waals surface area contributed by atoms with Gasteiger partial charge in [-0.25, -0.2) is 0 Å². The Labute approximate surface area is 193 Å². The Hall–Kier alpha value is -2.26. The van der Waals surface area contributed by atoms with Gasteiger partial charge in [-0.2, -0.15) is 5.10 Å². The zero-order valence-electron chi connectivity index (χ0n) is 16.4. The molecule has 1 aromatic heterocycles. The van der Waals surface area contributed by atoms with Crippen LogP contribution >= 0.6 is 35.6 Å². The van der Waals surface area contributed by atoms with Crippen LogP contribution in [0.15, 0.2) is 65.8 Å². The van der Waals surface area contributed by atoms with E-state index in [1.807, 2.05) is 54.2 Å². The SMILES string of the molecule is CN=C(NCc1ccccc1COc1ccccc1Cl)NCc1ccnn1C.I. The van der Waals surface area contributed by atoms with Crippen LogP contribution in [0.25, 0.3) is 0 Å². The van der Waals surface area contributed by atoms with E-state index in [0.29, 0.717) is 30.5 Å². The second kappa shape index (κ2) is 11.7. The van der Waals surface area contributed by atoms with Crippen molar-refractivity contribution in [3.8, 4) is 5.75 Å². The first-order valence-corrected chi connectivity index (χ1v) is 9.40. The van der Waals surface area contributed by atoms with E-state index in [2.05, 4.69) is 32.9 Å². The van der Waals surface area contributed by atoms with Gasteiger partial charge in [-0.1, -0.05) is 48.0 Å². The normalized spacial score (nSPS) is 10.9. The monoisotopic (exact) mass is 525 g/mol. The van der Waals surface area contributed by atoms with Gasteiger partial charge in [-0.05, 0) is 29.3 Å². The Kier molecular flexibility index (Phi) is 9.27. The summed E-state index contributed by atoms with van der Waals surface area (Å²) in [5.41, 5.74) is 3.31. The van der Waals surface area contributed by atoms with Crippen molar-refractivity contribution in [3.05, 3.63) is 82.6 Å². The number of hydrogen-bond donors (Lipinski definition) is 2. The highest BCUT2D eigenvalue weighted by Crippen LogP contribution is 2.24. The summed E-state index contributed by atoms with van der Waals surface area (Å²) in [4.78, 5) is 4.28. The Morgan fingerprint density at radius 1 is 1.03 bits per heavy atom. The molecule has 0 fully saturated rings. The van der Waals surface area contributed by atoms with E-state index >= 15 is 0 Å². The number of ether oxygens (including phenoxy) is 1. The first-order chi connectivity index (χ1) is 13.7. The van der Waals surface area contributed by atoms with Gasteiger partial charge in [0.15, 0.2) is 5.96 Å². The van der Waals surface area contributed by atoms with Crippen molar-refractivity contribution in [1.82, 2.24) is 20.4 Å². The van der Waals surface area contributed by atoms with Crippen LogP contribution in [0.2, 0.25) is 5.02 Å². The molecule has 0 aliphatic rings. The number of aliphatic imine (C=N–C) groups is 1. The van der Waals surface area contributed by atoms with Crippen molar-refractivity contribution in [3.63, 3.8) is 0 Å². The van der Waals surface area contributed by atoms with Crippen molar-refractivity contribution in [2.75, 3.05) is 7.05 Å². The maximum Gasteiger partial charge on any atom is 0.191 e. The van der Waals surface area contributed by atoms with Crippen molar-refractivity contribution < 1.29 is 4.74 Å². The molecule has 3 rings (SSSR count). The molecule has 2 N–H and O–H groups in total. The van der Waals surface area contributed by atoms with Gasteiger partial charge in [-0.3, -0.25) is 9.67 Å². The third kappa shape index (κ3) is 6.64. The highest BCUT2D eigenvalue weighted by molar-refractivity contribution is 14.0. The molecule has 3 aromatic rings. The minimum absolute atomic E-state index is 0. The van der Waals surface area contributed by atoms with Gasteiger partial charge in [0.1, 0.15) is 12.4 Å². The van der Waals surface area contributed by atoms with Crippen molar-refractivity contribution in [1.29, 1.82) is 0 Å². The van der Waals surface area contributed by atoms with Crippen molar-refractivity contribution in [2.45, 2.75) is 19.7 Å².